The maximum Gasteiger partial charge on any atom is 0.238 e. The molecule has 0 saturated carbocycles. The van der Waals surface area contributed by atoms with Gasteiger partial charge in [-0.3, -0.25) is 9.69 Å². The van der Waals surface area contributed by atoms with E-state index in [4.69, 9.17) is 10.2 Å². The number of aliphatic hydroxyl groups is 2. The Morgan fingerprint density at radius 1 is 1.15 bits per heavy atom. The van der Waals surface area contributed by atoms with E-state index in [0.29, 0.717) is 13.1 Å². The maximum absolute atomic E-state index is 12.0. The summed E-state index contributed by atoms with van der Waals surface area (Å²) in [5, 5.41) is 20.7. The van der Waals surface area contributed by atoms with E-state index in [1.54, 1.807) is 4.90 Å². The van der Waals surface area contributed by atoms with Crippen LogP contribution in [-0.4, -0.2) is 53.9 Å². The average Bonchev–Trinajstić information content (AvgIpc) is 2.86. The first-order chi connectivity index (χ1) is 9.72. The fourth-order valence-corrected chi connectivity index (χ4v) is 2.61. The van der Waals surface area contributed by atoms with E-state index in [2.05, 4.69) is 11.4 Å². The average molecular weight is 278 g/mol. The van der Waals surface area contributed by atoms with Crippen molar-refractivity contribution in [1.29, 1.82) is 0 Å². The molecule has 0 aromatic heterocycles. The Labute approximate surface area is 119 Å². The molecule has 110 valence electrons. The van der Waals surface area contributed by atoms with Gasteiger partial charge >= 0.3 is 0 Å². The fourth-order valence-electron chi connectivity index (χ4n) is 2.61. The lowest BCUT2D eigenvalue weighted by Crippen LogP contribution is -2.37. The first-order valence-electron chi connectivity index (χ1n) is 7.08. The predicted octanol–water partition coefficient (Wildman–Crippen LogP) is 0.400. The molecule has 3 N–H and O–H groups in total. The van der Waals surface area contributed by atoms with E-state index in [9.17, 15) is 4.79 Å². The topological polar surface area (TPSA) is 72.8 Å². The first kappa shape index (κ1) is 15.0. The molecule has 0 spiro atoms. The van der Waals surface area contributed by atoms with Crippen LogP contribution < -0.4 is 5.32 Å². The summed E-state index contributed by atoms with van der Waals surface area (Å²) in [4.78, 5) is 13.7. The van der Waals surface area contributed by atoms with Crippen LogP contribution in [0.2, 0.25) is 0 Å². The molecule has 0 fully saturated rings. The highest BCUT2D eigenvalue weighted by Crippen LogP contribution is 2.24. The summed E-state index contributed by atoms with van der Waals surface area (Å²) in [7, 11) is 0. The lowest BCUT2D eigenvalue weighted by atomic mass is 10.1. The fraction of sp³-hybridized carbons (Fsp3) is 0.533. The lowest BCUT2D eigenvalue weighted by Gasteiger charge is -2.19. The first-order valence-corrected chi connectivity index (χ1v) is 7.08. The van der Waals surface area contributed by atoms with Crippen molar-refractivity contribution in [1.82, 2.24) is 4.90 Å². The number of nitrogens with one attached hydrogen (secondary N) is 1. The summed E-state index contributed by atoms with van der Waals surface area (Å²) in [5.74, 6) is -0.121. The number of fused-ring (bicyclic) bond motifs is 1. The molecule has 0 heterocycles. The molecule has 1 aliphatic carbocycles. The van der Waals surface area contributed by atoms with Gasteiger partial charge in [0.05, 0.1) is 19.8 Å². The third-order valence-corrected chi connectivity index (χ3v) is 3.58. The zero-order valence-corrected chi connectivity index (χ0v) is 11.6. The molecule has 0 radical (unpaired) electrons. The van der Waals surface area contributed by atoms with E-state index < -0.39 is 0 Å². The second kappa shape index (κ2) is 7.38. The smallest absolute Gasteiger partial charge is 0.238 e. The van der Waals surface area contributed by atoms with Gasteiger partial charge in [0, 0.05) is 18.8 Å². The molecular weight excluding hydrogens is 256 g/mol. The molecule has 0 aliphatic heterocycles. The van der Waals surface area contributed by atoms with Crippen LogP contribution in [0.15, 0.2) is 18.2 Å². The van der Waals surface area contributed by atoms with Gasteiger partial charge in [0.2, 0.25) is 5.91 Å². The van der Waals surface area contributed by atoms with Gasteiger partial charge in [0.25, 0.3) is 0 Å². The second-order valence-corrected chi connectivity index (χ2v) is 5.11. The number of aliphatic hydroxyl groups excluding tert-OH is 2. The molecule has 20 heavy (non-hydrogen) atoms. The summed E-state index contributed by atoms with van der Waals surface area (Å²) >= 11 is 0. The maximum atomic E-state index is 12.0. The summed E-state index contributed by atoms with van der Waals surface area (Å²) in [6.45, 7) is 0.910. The van der Waals surface area contributed by atoms with Crippen LogP contribution in [-0.2, 0) is 17.6 Å². The van der Waals surface area contributed by atoms with Gasteiger partial charge in [-0.05, 0) is 42.5 Å². The van der Waals surface area contributed by atoms with Gasteiger partial charge < -0.3 is 15.5 Å². The van der Waals surface area contributed by atoms with Crippen LogP contribution in [0.5, 0.6) is 0 Å². The molecule has 0 unspecified atom stereocenters. The predicted molar refractivity (Wildman–Crippen MR) is 77.7 cm³/mol. The Bertz CT molecular complexity index is 456. The van der Waals surface area contributed by atoms with Crippen molar-refractivity contribution in [2.45, 2.75) is 19.3 Å². The van der Waals surface area contributed by atoms with Crippen molar-refractivity contribution in [3.05, 3.63) is 29.3 Å². The molecule has 2 rings (SSSR count). The highest BCUT2D eigenvalue weighted by Gasteiger charge is 2.13. The number of anilines is 1. The van der Waals surface area contributed by atoms with E-state index in [0.717, 1.165) is 18.5 Å². The van der Waals surface area contributed by atoms with Gasteiger partial charge in [0.15, 0.2) is 0 Å². The third-order valence-electron chi connectivity index (χ3n) is 3.58. The number of benzene rings is 1. The highest BCUT2D eigenvalue weighted by molar-refractivity contribution is 5.92. The van der Waals surface area contributed by atoms with Crippen LogP contribution in [0.25, 0.3) is 0 Å². The summed E-state index contributed by atoms with van der Waals surface area (Å²) < 4.78 is 0. The van der Waals surface area contributed by atoms with Crippen molar-refractivity contribution < 1.29 is 15.0 Å². The molecule has 1 aliphatic rings. The minimum absolute atomic E-state index is 0.0217. The van der Waals surface area contributed by atoms with Crippen LogP contribution in [0.1, 0.15) is 17.5 Å². The number of hydrogen-bond acceptors (Lipinski definition) is 4. The van der Waals surface area contributed by atoms with Gasteiger partial charge in [0.1, 0.15) is 0 Å². The Kier molecular flexibility index (Phi) is 5.52. The molecule has 5 nitrogen and oxygen atoms in total. The van der Waals surface area contributed by atoms with E-state index >= 15 is 0 Å². The summed E-state index contributed by atoms with van der Waals surface area (Å²) in [6, 6.07) is 6.06. The normalized spacial score (nSPS) is 13.6. The number of carbonyl (C=O) groups is 1. The molecular formula is C15H22N2O3. The Balaban J connectivity index is 1.90. The van der Waals surface area contributed by atoms with Crippen LogP contribution in [0, 0.1) is 0 Å². The number of hydrogen-bond donors (Lipinski definition) is 3. The van der Waals surface area contributed by atoms with Gasteiger partial charge in [-0.15, -0.1) is 0 Å². The molecule has 1 aromatic carbocycles. The minimum atomic E-state index is -0.121. The van der Waals surface area contributed by atoms with Crippen LogP contribution >= 0.6 is 0 Å². The molecule has 0 atom stereocenters. The largest absolute Gasteiger partial charge is 0.395 e. The number of amides is 1. The van der Waals surface area contributed by atoms with Crippen molar-refractivity contribution in [2.24, 2.45) is 0 Å². The number of aryl methyl sites for hydroxylation is 2. The third kappa shape index (κ3) is 4.03. The van der Waals surface area contributed by atoms with Crippen LogP contribution in [0.4, 0.5) is 5.69 Å². The molecule has 1 amide bonds. The zero-order valence-electron chi connectivity index (χ0n) is 11.6. The van der Waals surface area contributed by atoms with Crippen LogP contribution in [0.3, 0.4) is 0 Å². The second-order valence-electron chi connectivity index (χ2n) is 5.11. The van der Waals surface area contributed by atoms with Gasteiger partial charge in [-0.2, -0.15) is 0 Å². The standard InChI is InChI=1S/C15H22N2O3/c18-8-6-17(7-9-19)11-15(20)16-14-5-4-12-2-1-3-13(12)10-14/h4-5,10,18-19H,1-3,6-9,11H2,(H,16,20). The van der Waals surface area contributed by atoms with Gasteiger partial charge in [-0.25, -0.2) is 0 Å². The number of carbonyl (C=O) groups excluding carboxylic acids is 1. The summed E-state index contributed by atoms with van der Waals surface area (Å²) in [5.41, 5.74) is 3.53. The molecule has 1 aromatic rings. The number of nitrogens with zero attached hydrogens (tertiary/aromatic N) is 1. The Hall–Kier alpha value is -1.43. The molecule has 5 heteroatoms. The van der Waals surface area contributed by atoms with Gasteiger partial charge in [-0.1, -0.05) is 6.07 Å². The monoisotopic (exact) mass is 278 g/mol. The van der Waals surface area contributed by atoms with Crippen molar-refractivity contribution >= 4 is 11.6 Å². The minimum Gasteiger partial charge on any atom is -0.395 e. The van der Waals surface area contributed by atoms with E-state index in [1.807, 2.05) is 12.1 Å². The quantitative estimate of drug-likeness (QED) is 0.675. The van der Waals surface area contributed by atoms with Crippen molar-refractivity contribution in [3.63, 3.8) is 0 Å². The lowest BCUT2D eigenvalue weighted by molar-refractivity contribution is -0.117. The van der Waals surface area contributed by atoms with E-state index in [-0.39, 0.29) is 25.7 Å². The summed E-state index contributed by atoms with van der Waals surface area (Å²) in [6.07, 6.45) is 3.40. The Morgan fingerprint density at radius 2 is 1.85 bits per heavy atom. The number of rotatable bonds is 7. The SMILES string of the molecule is O=C(CN(CCO)CCO)Nc1ccc2c(c1)CCC2. The van der Waals surface area contributed by atoms with Crippen molar-refractivity contribution in [3.8, 4) is 0 Å². The molecule has 0 bridgehead atoms. The van der Waals surface area contributed by atoms with Crippen molar-refractivity contribution in [2.75, 3.05) is 38.2 Å². The highest BCUT2D eigenvalue weighted by atomic mass is 16.3. The molecule has 0 saturated heterocycles. The van der Waals surface area contributed by atoms with E-state index in [1.165, 1.54) is 17.5 Å². The zero-order chi connectivity index (χ0) is 14.4. The Morgan fingerprint density at radius 3 is 2.55 bits per heavy atom.